The topological polar surface area (TPSA) is 118 Å². The summed E-state index contributed by atoms with van der Waals surface area (Å²) in [5.41, 5.74) is -0.679. The molecule has 2 N–H and O–H groups in total. The minimum atomic E-state index is -3.78. The maximum atomic E-state index is 12.2. The summed E-state index contributed by atoms with van der Waals surface area (Å²) in [6, 6.07) is 5.64. The molecule has 0 bridgehead atoms. The highest BCUT2D eigenvalue weighted by Gasteiger charge is 2.41. The zero-order valence-electron chi connectivity index (χ0n) is 11.9. The molecule has 0 radical (unpaired) electrons. The first-order valence-electron chi connectivity index (χ1n) is 6.55. The van der Waals surface area contributed by atoms with E-state index >= 15 is 0 Å². The molecule has 1 saturated heterocycles. The van der Waals surface area contributed by atoms with Crippen molar-refractivity contribution in [2.24, 2.45) is 0 Å². The highest BCUT2D eigenvalue weighted by atomic mass is 32.2. The molecule has 0 aliphatic carbocycles. The first-order chi connectivity index (χ1) is 10.0. The van der Waals surface area contributed by atoms with Crippen LogP contribution in [0.3, 0.4) is 0 Å². The van der Waals surface area contributed by atoms with Crippen LogP contribution in [-0.4, -0.2) is 45.0 Å². The van der Waals surface area contributed by atoms with Crippen molar-refractivity contribution < 1.29 is 26.7 Å². The first kappa shape index (κ1) is 16.9. The Kier molecular flexibility index (Phi) is 4.33. The van der Waals surface area contributed by atoms with Crippen molar-refractivity contribution in [2.45, 2.75) is 24.6 Å². The minimum absolute atomic E-state index is 0.00218. The molecule has 0 spiro atoms. The third kappa shape index (κ3) is 4.28. The van der Waals surface area contributed by atoms with Gasteiger partial charge >= 0.3 is 5.97 Å². The Morgan fingerprint density at radius 1 is 1.41 bits per heavy atom. The number of rotatable bonds is 5. The molecular formula is C13H17NO6S2. The van der Waals surface area contributed by atoms with Crippen LogP contribution in [0.2, 0.25) is 0 Å². The summed E-state index contributed by atoms with van der Waals surface area (Å²) in [6.45, 7) is 1.56. The van der Waals surface area contributed by atoms with Crippen molar-refractivity contribution in [1.29, 1.82) is 0 Å². The summed E-state index contributed by atoms with van der Waals surface area (Å²) in [4.78, 5) is 10.9. The number of carboxylic acid groups (broad SMARTS) is 1. The van der Waals surface area contributed by atoms with Crippen molar-refractivity contribution in [1.82, 2.24) is 4.72 Å². The number of aromatic carboxylic acids is 1. The molecule has 1 aromatic carbocycles. The lowest BCUT2D eigenvalue weighted by Gasteiger charge is -2.23. The van der Waals surface area contributed by atoms with Gasteiger partial charge in [0.2, 0.25) is 10.0 Å². The van der Waals surface area contributed by atoms with E-state index in [9.17, 15) is 21.6 Å². The third-order valence-corrected chi connectivity index (χ3v) is 6.86. The zero-order valence-corrected chi connectivity index (χ0v) is 13.6. The number of carbonyl (C=O) groups is 1. The molecule has 0 amide bonds. The van der Waals surface area contributed by atoms with Crippen molar-refractivity contribution in [3.8, 4) is 0 Å². The third-order valence-electron chi connectivity index (χ3n) is 3.44. The molecular weight excluding hydrogens is 330 g/mol. The largest absolute Gasteiger partial charge is 0.478 e. The lowest BCUT2D eigenvalue weighted by molar-refractivity contribution is 0.0696. The molecule has 1 unspecified atom stereocenters. The average molecular weight is 347 g/mol. The van der Waals surface area contributed by atoms with Crippen LogP contribution in [-0.2, 0) is 25.6 Å². The smallest absolute Gasteiger partial charge is 0.335 e. The Bertz CT molecular complexity index is 800. The van der Waals surface area contributed by atoms with Crippen LogP contribution in [0.25, 0.3) is 0 Å². The molecule has 22 heavy (non-hydrogen) atoms. The van der Waals surface area contributed by atoms with E-state index in [1.165, 1.54) is 24.3 Å². The Balaban J connectivity index is 2.15. The predicted molar refractivity (Wildman–Crippen MR) is 80.8 cm³/mol. The molecule has 1 aromatic rings. The molecule has 122 valence electrons. The summed E-state index contributed by atoms with van der Waals surface area (Å²) < 4.78 is 49.8. The summed E-state index contributed by atoms with van der Waals surface area (Å²) in [6.07, 6.45) is 0.226. The van der Waals surface area contributed by atoms with Gasteiger partial charge in [-0.25, -0.2) is 26.4 Å². The molecule has 9 heteroatoms. The fourth-order valence-electron chi connectivity index (χ4n) is 2.52. The van der Waals surface area contributed by atoms with Gasteiger partial charge in [-0.1, -0.05) is 12.1 Å². The van der Waals surface area contributed by atoms with Gasteiger partial charge < -0.3 is 5.11 Å². The Morgan fingerprint density at radius 2 is 2.09 bits per heavy atom. The van der Waals surface area contributed by atoms with Gasteiger partial charge in [-0.15, -0.1) is 0 Å². The monoisotopic (exact) mass is 347 g/mol. The molecule has 1 atom stereocenters. The van der Waals surface area contributed by atoms with Gasteiger partial charge in [0, 0.05) is 5.54 Å². The molecule has 0 aromatic heterocycles. The maximum absolute atomic E-state index is 12.2. The fraction of sp³-hybridized carbons (Fsp3) is 0.462. The van der Waals surface area contributed by atoms with E-state index in [-0.39, 0.29) is 23.5 Å². The molecule has 0 saturated carbocycles. The molecule has 1 heterocycles. The second kappa shape index (κ2) is 5.64. The maximum Gasteiger partial charge on any atom is 0.335 e. The highest BCUT2D eigenvalue weighted by molar-refractivity contribution is 7.92. The highest BCUT2D eigenvalue weighted by Crippen LogP contribution is 2.24. The van der Waals surface area contributed by atoms with Crippen molar-refractivity contribution in [3.05, 3.63) is 35.4 Å². The number of hydrogen-bond acceptors (Lipinski definition) is 5. The lowest BCUT2D eigenvalue weighted by atomic mass is 10.0. The fourth-order valence-corrected chi connectivity index (χ4v) is 6.32. The van der Waals surface area contributed by atoms with Crippen LogP contribution in [0, 0.1) is 0 Å². The van der Waals surface area contributed by atoms with E-state index in [1.54, 1.807) is 6.92 Å². The lowest BCUT2D eigenvalue weighted by Crippen LogP contribution is -2.47. The Labute approximate surface area is 129 Å². The van der Waals surface area contributed by atoms with Crippen LogP contribution in [0.5, 0.6) is 0 Å². The summed E-state index contributed by atoms with van der Waals surface area (Å²) in [5, 5.41) is 8.90. The quantitative estimate of drug-likeness (QED) is 0.795. The molecule has 1 aliphatic rings. The zero-order chi connectivity index (χ0) is 16.6. The van der Waals surface area contributed by atoms with E-state index in [0.29, 0.717) is 5.56 Å². The van der Waals surface area contributed by atoms with E-state index in [0.717, 1.165) is 0 Å². The number of carboxylic acids is 1. The van der Waals surface area contributed by atoms with Crippen molar-refractivity contribution >= 4 is 25.8 Å². The van der Waals surface area contributed by atoms with Gasteiger partial charge in [-0.3, -0.25) is 0 Å². The van der Waals surface area contributed by atoms with Crippen LogP contribution >= 0.6 is 0 Å². The van der Waals surface area contributed by atoms with E-state index in [4.69, 9.17) is 5.11 Å². The first-order valence-corrected chi connectivity index (χ1v) is 10.0. The number of nitrogens with one attached hydrogen (secondary N) is 1. The van der Waals surface area contributed by atoms with Gasteiger partial charge in [0.15, 0.2) is 9.84 Å². The molecule has 1 aliphatic heterocycles. The standard InChI is InChI=1S/C13H17NO6S2/c1-13(5-6-21(17,18)9-13)14-22(19,20)8-10-3-2-4-11(7-10)12(15)16/h2-4,7,14H,5-6,8-9H2,1H3,(H,15,16). The van der Waals surface area contributed by atoms with Gasteiger partial charge in [0.05, 0.1) is 22.8 Å². The normalized spacial score (nSPS) is 24.2. The number of benzene rings is 1. The summed E-state index contributed by atoms with van der Waals surface area (Å²) in [7, 11) is -7.00. The van der Waals surface area contributed by atoms with Gasteiger partial charge in [0.25, 0.3) is 0 Å². The molecule has 2 rings (SSSR count). The second-order valence-corrected chi connectivity index (χ2v) is 9.68. The molecule has 7 nitrogen and oxygen atoms in total. The van der Waals surface area contributed by atoms with Crippen molar-refractivity contribution in [3.63, 3.8) is 0 Å². The Morgan fingerprint density at radius 3 is 2.64 bits per heavy atom. The van der Waals surface area contributed by atoms with Crippen LogP contribution in [0.4, 0.5) is 0 Å². The van der Waals surface area contributed by atoms with Crippen molar-refractivity contribution in [2.75, 3.05) is 11.5 Å². The average Bonchev–Trinajstić information content (AvgIpc) is 2.61. The van der Waals surface area contributed by atoms with E-state index in [2.05, 4.69) is 4.72 Å². The number of sulfone groups is 1. The van der Waals surface area contributed by atoms with Gasteiger partial charge in [-0.2, -0.15) is 0 Å². The summed E-state index contributed by atoms with van der Waals surface area (Å²) >= 11 is 0. The minimum Gasteiger partial charge on any atom is -0.478 e. The van der Waals surface area contributed by atoms with Gasteiger partial charge in [0.1, 0.15) is 0 Å². The van der Waals surface area contributed by atoms with E-state index < -0.39 is 37.1 Å². The second-order valence-electron chi connectivity index (χ2n) is 5.77. The Hall–Kier alpha value is -1.45. The van der Waals surface area contributed by atoms with E-state index in [1.807, 2.05) is 0 Å². The SMILES string of the molecule is CC1(NS(=O)(=O)Cc2cccc(C(=O)O)c2)CCS(=O)(=O)C1. The summed E-state index contributed by atoms with van der Waals surface area (Å²) in [5.74, 6) is -1.81. The predicted octanol–water partition coefficient (Wildman–Crippen LogP) is 0.381. The van der Waals surface area contributed by atoms with Crippen LogP contribution < -0.4 is 4.72 Å². The van der Waals surface area contributed by atoms with Crippen LogP contribution in [0.15, 0.2) is 24.3 Å². The number of hydrogen-bond donors (Lipinski definition) is 2. The van der Waals surface area contributed by atoms with Crippen LogP contribution in [0.1, 0.15) is 29.3 Å². The molecule has 1 fully saturated rings. The number of sulfonamides is 1. The van der Waals surface area contributed by atoms with Gasteiger partial charge in [-0.05, 0) is 31.0 Å².